The molecule has 8 unspecified atom stereocenters. The first-order valence-corrected chi connectivity index (χ1v) is 22.5. The van der Waals surface area contributed by atoms with E-state index in [2.05, 4.69) is 112 Å². The Kier molecular flexibility index (Phi) is 23.5. The van der Waals surface area contributed by atoms with E-state index in [-0.39, 0.29) is 24.8 Å². The van der Waals surface area contributed by atoms with Gasteiger partial charge in [0, 0.05) is 0 Å². The standard InChI is InChI=1S/4C11H15.2CH2.2ClH.2Zr/c4*1-8-6-7-9(2)11-5-3-4-10(8)11;;;;;;/h4*4,8-9H,5-7H2,1-2H3;2*1H2;2*1H;;/q4*-1;;;;;2*+2/p-2. The van der Waals surface area contributed by atoms with Crippen LogP contribution in [0, 0.1) is 71.6 Å². The van der Waals surface area contributed by atoms with E-state index in [0.717, 1.165) is 73.0 Å². The van der Waals surface area contributed by atoms with Crippen LogP contribution in [0.4, 0.5) is 0 Å². The van der Waals surface area contributed by atoms with Gasteiger partial charge in [-0.2, -0.15) is 44.6 Å². The zero-order valence-corrected chi connectivity index (χ0v) is 39.0. The maximum atomic E-state index is 3.34. The van der Waals surface area contributed by atoms with Crippen LogP contribution in [0.15, 0.2) is 68.9 Å². The molecule has 0 amide bonds. The van der Waals surface area contributed by atoms with E-state index in [1.807, 2.05) is 0 Å². The van der Waals surface area contributed by atoms with Crippen molar-refractivity contribution >= 4 is 8.42 Å². The van der Waals surface area contributed by atoms with Crippen molar-refractivity contribution in [2.75, 3.05) is 0 Å². The summed E-state index contributed by atoms with van der Waals surface area (Å²) in [6.45, 7) is 18.7. The molecule has 0 bridgehead atoms. The minimum atomic E-state index is 0. The molecule has 0 heterocycles. The Morgan fingerprint density at radius 1 is 0.360 bits per heavy atom. The molecule has 0 aromatic carbocycles. The van der Waals surface area contributed by atoms with Crippen LogP contribution in [0.2, 0.25) is 0 Å². The van der Waals surface area contributed by atoms with Crippen LogP contribution < -0.4 is 24.8 Å². The number of hydrogen-bond donors (Lipinski definition) is 0. The topological polar surface area (TPSA) is 0 Å². The minimum absolute atomic E-state index is 0. The van der Waals surface area contributed by atoms with E-state index in [4.69, 9.17) is 0 Å². The first-order valence-electron chi connectivity index (χ1n) is 19.0. The van der Waals surface area contributed by atoms with Gasteiger partial charge in [-0.15, -0.1) is 25.7 Å². The molecule has 0 saturated heterocycles. The second-order valence-electron chi connectivity index (χ2n) is 15.5. The molecule has 4 heteroatoms. The summed E-state index contributed by atoms with van der Waals surface area (Å²) >= 11 is 2.60. The average molecular weight is 870 g/mol. The van der Waals surface area contributed by atoms with Crippen LogP contribution in [-0.4, -0.2) is 8.42 Å². The third-order valence-corrected chi connectivity index (χ3v) is 12.3. The van der Waals surface area contributed by atoms with Gasteiger partial charge in [0.25, 0.3) is 0 Å². The number of halogens is 2. The molecule has 0 radical (unpaired) electrons. The van der Waals surface area contributed by atoms with Crippen molar-refractivity contribution in [1.82, 2.24) is 0 Å². The van der Waals surface area contributed by atoms with Crippen LogP contribution in [0.25, 0.3) is 0 Å². The molecular formula is C46H64Cl2Zr2-2. The van der Waals surface area contributed by atoms with Crippen molar-refractivity contribution in [1.29, 1.82) is 0 Å². The van der Waals surface area contributed by atoms with E-state index < -0.39 is 0 Å². The molecule has 0 aromatic rings. The molecule has 0 aromatic heterocycles. The first kappa shape index (κ1) is 48.0. The van der Waals surface area contributed by atoms with Crippen molar-refractivity contribution in [3.63, 3.8) is 0 Å². The molecule has 272 valence electrons. The molecule has 8 atom stereocenters. The second kappa shape index (κ2) is 24.4. The number of hydrogen-bond acceptors (Lipinski definition) is 0. The van der Waals surface area contributed by atoms with E-state index in [0.29, 0.717) is 0 Å². The summed E-state index contributed by atoms with van der Waals surface area (Å²) in [6.07, 6.45) is 37.7. The van der Waals surface area contributed by atoms with Gasteiger partial charge in [-0.25, -0.2) is 24.3 Å². The zero-order chi connectivity index (χ0) is 35.4. The van der Waals surface area contributed by atoms with Gasteiger partial charge in [0.1, 0.15) is 0 Å². The molecule has 0 saturated carbocycles. The normalized spacial score (nSPS) is 32.1. The maximum Gasteiger partial charge on any atom is -1.00 e. The molecule has 8 rings (SSSR count). The first-order chi connectivity index (χ1) is 23.2. The van der Waals surface area contributed by atoms with Crippen LogP contribution in [-0.2, 0) is 48.5 Å². The molecule has 0 fully saturated rings. The third kappa shape index (κ3) is 12.5. The molecule has 50 heavy (non-hydrogen) atoms. The van der Waals surface area contributed by atoms with E-state index >= 15 is 0 Å². The summed E-state index contributed by atoms with van der Waals surface area (Å²) in [4.78, 5) is 0. The molecule has 0 nitrogen and oxygen atoms in total. The predicted octanol–water partition coefficient (Wildman–Crippen LogP) is 6.39. The largest absolute Gasteiger partial charge is 1.00 e. The molecule has 8 aliphatic rings. The van der Waals surface area contributed by atoms with Gasteiger partial charge in [-0.1, -0.05) is 105 Å². The van der Waals surface area contributed by atoms with Crippen molar-refractivity contribution in [3.8, 4) is 0 Å². The Hall–Kier alpha value is 0.00623. The third-order valence-electron chi connectivity index (χ3n) is 12.3. The predicted molar refractivity (Wildman–Crippen MR) is 202 cm³/mol. The number of allylic oxidation sites excluding steroid dienone is 16. The van der Waals surface area contributed by atoms with Gasteiger partial charge >= 0.3 is 56.9 Å². The summed E-state index contributed by atoms with van der Waals surface area (Å²) in [7, 11) is 0. The van der Waals surface area contributed by atoms with Gasteiger partial charge in [-0.05, 0) is 49.4 Å². The Morgan fingerprint density at radius 3 is 0.680 bits per heavy atom. The SMILES string of the molecule is CC1CCC(C)C2=C1C=[C-]C2.CC1CCC(C)C2=C1C=[C-]C2.CC1CCC(C)C2=C1C=[C-]C2.CC1CCC(C)C2=C1C=[C-]C2.[CH2]=[Zr+2].[CH2]=[Zr+2].[Cl-].[Cl-]. The maximum absolute atomic E-state index is 3.34. The van der Waals surface area contributed by atoms with Crippen LogP contribution in [0.3, 0.4) is 0 Å². The fourth-order valence-corrected chi connectivity index (χ4v) is 8.85. The Balaban J connectivity index is 0.000000318. The van der Waals surface area contributed by atoms with Gasteiger partial charge in [0.15, 0.2) is 0 Å². The molecule has 0 N–H and O–H groups in total. The average Bonchev–Trinajstić information content (AvgIpc) is 3.94. The van der Waals surface area contributed by atoms with Gasteiger partial charge in [0.2, 0.25) is 0 Å². The van der Waals surface area contributed by atoms with Crippen molar-refractivity contribution < 1.29 is 73.3 Å². The van der Waals surface area contributed by atoms with Crippen molar-refractivity contribution in [3.05, 3.63) is 93.2 Å². The molecular weight excluding hydrogens is 806 g/mol. The molecule has 8 aliphatic carbocycles. The summed E-state index contributed by atoms with van der Waals surface area (Å²) < 4.78 is 6.68. The van der Waals surface area contributed by atoms with Gasteiger partial charge in [-0.3, -0.25) is 24.3 Å². The van der Waals surface area contributed by atoms with E-state index in [1.54, 1.807) is 44.6 Å². The van der Waals surface area contributed by atoms with Gasteiger partial charge in [0.05, 0.1) is 0 Å². The van der Waals surface area contributed by atoms with Crippen LogP contribution in [0.1, 0.15) is 132 Å². The second-order valence-corrected chi connectivity index (χ2v) is 15.5. The Morgan fingerprint density at radius 2 is 0.520 bits per heavy atom. The Bertz CT molecular complexity index is 1140. The molecule has 0 aliphatic heterocycles. The van der Waals surface area contributed by atoms with Gasteiger partial charge < -0.3 is 24.8 Å². The summed E-state index contributed by atoms with van der Waals surface area (Å²) in [5.41, 5.74) is 13.1. The number of rotatable bonds is 0. The summed E-state index contributed by atoms with van der Waals surface area (Å²) in [5, 5.41) is 0. The smallest absolute Gasteiger partial charge is 1.00 e. The monoisotopic (exact) mass is 866 g/mol. The fourth-order valence-electron chi connectivity index (χ4n) is 8.85. The fraction of sp³-hybridized carbons (Fsp3) is 0.609. The minimum Gasteiger partial charge on any atom is -1.00 e. The van der Waals surface area contributed by atoms with Crippen LogP contribution in [0.5, 0.6) is 0 Å². The quantitative estimate of drug-likeness (QED) is 0.248. The van der Waals surface area contributed by atoms with Crippen molar-refractivity contribution in [2.45, 2.75) is 132 Å². The summed E-state index contributed by atoms with van der Waals surface area (Å²) in [5.74, 6) is 6.51. The summed E-state index contributed by atoms with van der Waals surface area (Å²) in [6, 6.07) is 0. The van der Waals surface area contributed by atoms with E-state index in [1.165, 1.54) is 99.8 Å². The van der Waals surface area contributed by atoms with E-state index in [9.17, 15) is 0 Å². The zero-order valence-electron chi connectivity index (χ0n) is 32.6. The van der Waals surface area contributed by atoms with Crippen LogP contribution >= 0.6 is 0 Å². The molecule has 0 spiro atoms. The Labute approximate surface area is 351 Å². The van der Waals surface area contributed by atoms with Crippen molar-refractivity contribution in [2.24, 2.45) is 47.3 Å².